The predicted octanol–water partition coefficient (Wildman–Crippen LogP) is 2.84. The fourth-order valence-electron chi connectivity index (χ4n) is 2.65. The van der Waals surface area contributed by atoms with Crippen LogP contribution in [0.4, 0.5) is 0 Å². The number of hydrogen-bond donors (Lipinski definition) is 2. The van der Waals surface area contributed by atoms with E-state index in [2.05, 4.69) is 22.4 Å². The standard InChI is InChI=1S/C19H20N2O3/c1-23-17-9-14-8-15(12-20-11-13-6-4-3-5-7-13)19(22)21-16(14)10-18(17)24-2/h3-10,20H,11-12H2,1-2H3,(H,21,22). The number of pyridine rings is 1. The fourth-order valence-corrected chi connectivity index (χ4v) is 2.65. The summed E-state index contributed by atoms with van der Waals surface area (Å²) in [6.45, 7) is 1.21. The number of aromatic nitrogens is 1. The summed E-state index contributed by atoms with van der Waals surface area (Å²) in [5.74, 6) is 1.23. The number of aromatic amines is 1. The van der Waals surface area contributed by atoms with Crippen molar-refractivity contribution in [3.63, 3.8) is 0 Å². The molecule has 0 bridgehead atoms. The van der Waals surface area contributed by atoms with E-state index in [1.165, 1.54) is 5.56 Å². The molecule has 0 aliphatic rings. The first-order chi connectivity index (χ1) is 11.7. The van der Waals surface area contributed by atoms with Gasteiger partial charge in [0.15, 0.2) is 11.5 Å². The van der Waals surface area contributed by atoms with Crippen LogP contribution in [0.3, 0.4) is 0 Å². The van der Waals surface area contributed by atoms with Crippen LogP contribution in [0.2, 0.25) is 0 Å². The Morgan fingerprint density at radius 2 is 1.67 bits per heavy atom. The number of ether oxygens (including phenoxy) is 2. The van der Waals surface area contributed by atoms with E-state index in [4.69, 9.17) is 9.47 Å². The summed E-state index contributed by atoms with van der Waals surface area (Å²) in [6.07, 6.45) is 0. The molecular weight excluding hydrogens is 304 g/mol. The Kier molecular flexibility index (Phi) is 4.82. The van der Waals surface area contributed by atoms with Gasteiger partial charge in [-0.1, -0.05) is 30.3 Å². The summed E-state index contributed by atoms with van der Waals surface area (Å²) in [4.78, 5) is 15.2. The summed E-state index contributed by atoms with van der Waals surface area (Å²) in [6, 6.07) is 15.6. The first kappa shape index (κ1) is 16.1. The second-order valence-corrected chi connectivity index (χ2v) is 5.51. The molecule has 0 unspecified atom stereocenters. The Hall–Kier alpha value is -2.79. The van der Waals surface area contributed by atoms with E-state index in [0.717, 1.165) is 10.9 Å². The molecule has 0 amide bonds. The van der Waals surface area contributed by atoms with Crippen molar-refractivity contribution in [2.75, 3.05) is 14.2 Å². The van der Waals surface area contributed by atoms with Crippen LogP contribution in [0.1, 0.15) is 11.1 Å². The Labute approximate surface area is 140 Å². The zero-order valence-electron chi connectivity index (χ0n) is 13.8. The first-order valence-corrected chi connectivity index (χ1v) is 7.74. The van der Waals surface area contributed by atoms with Crippen LogP contribution in [0.15, 0.2) is 53.3 Å². The maximum atomic E-state index is 12.3. The lowest BCUT2D eigenvalue weighted by atomic mass is 10.1. The van der Waals surface area contributed by atoms with E-state index in [-0.39, 0.29) is 5.56 Å². The summed E-state index contributed by atoms with van der Waals surface area (Å²) < 4.78 is 10.6. The van der Waals surface area contributed by atoms with Crippen molar-refractivity contribution in [2.24, 2.45) is 0 Å². The highest BCUT2D eigenvalue weighted by Gasteiger charge is 2.09. The Morgan fingerprint density at radius 3 is 2.38 bits per heavy atom. The molecule has 2 aromatic carbocycles. The molecule has 0 saturated heterocycles. The zero-order chi connectivity index (χ0) is 16.9. The van der Waals surface area contributed by atoms with Crippen LogP contribution in [0.5, 0.6) is 11.5 Å². The second-order valence-electron chi connectivity index (χ2n) is 5.51. The van der Waals surface area contributed by atoms with Gasteiger partial charge in [0, 0.05) is 30.1 Å². The molecule has 0 radical (unpaired) electrons. The van der Waals surface area contributed by atoms with Crippen molar-refractivity contribution in [2.45, 2.75) is 13.1 Å². The van der Waals surface area contributed by atoms with Gasteiger partial charge in [0.25, 0.3) is 5.56 Å². The SMILES string of the molecule is COc1cc2cc(CNCc3ccccc3)c(=O)[nH]c2cc1OC. The largest absolute Gasteiger partial charge is 0.493 e. The molecule has 0 atom stereocenters. The average Bonchev–Trinajstić information content (AvgIpc) is 2.62. The molecule has 1 aromatic heterocycles. The van der Waals surface area contributed by atoms with Gasteiger partial charge in [-0.25, -0.2) is 0 Å². The third-order valence-corrected chi connectivity index (χ3v) is 3.91. The minimum atomic E-state index is -0.102. The average molecular weight is 324 g/mol. The normalized spacial score (nSPS) is 10.8. The van der Waals surface area contributed by atoms with Crippen molar-refractivity contribution in [3.8, 4) is 11.5 Å². The molecule has 3 rings (SSSR count). The number of methoxy groups -OCH3 is 2. The molecule has 0 aliphatic heterocycles. The molecule has 5 nitrogen and oxygen atoms in total. The Bertz CT molecular complexity index is 888. The molecule has 0 spiro atoms. The highest BCUT2D eigenvalue weighted by Crippen LogP contribution is 2.30. The van der Waals surface area contributed by atoms with Crippen molar-refractivity contribution < 1.29 is 9.47 Å². The molecule has 124 valence electrons. The van der Waals surface area contributed by atoms with Crippen molar-refractivity contribution in [1.82, 2.24) is 10.3 Å². The topological polar surface area (TPSA) is 63.3 Å². The molecule has 24 heavy (non-hydrogen) atoms. The number of benzene rings is 2. The summed E-state index contributed by atoms with van der Waals surface area (Å²) in [5.41, 5.74) is 2.49. The molecular formula is C19H20N2O3. The van der Waals surface area contributed by atoms with E-state index < -0.39 is 0 Å². The Morgan fingerprint density at radius 1 is 0.958 bits per heavy atom. The van der Waals surface area contributed by atoms with Crippen LogP contribution in [0, 0.1) is 0 Å². The van der Waals surface area contributed by atoms with Gasteiger partial charge in [0.2, 0.25) is 0 Å². The minimum Gasteiger partial charge on any atom is -0.493 e. The van der Waals surface area contributed by atoms with Gasteiger partial charge in [0.1, 0.15) is 0 Å². The highest BCUT2D eigenvalue weighted by molar-refractivity contribution is 5.83. The molecule has 0 saturated carbocycles. The lowest BCUT2D eigenvalue weighted by Gasteiger charge is -2.10. The number of rotatable bonds is 6. The van der Waals surface area contributed by atoms with Crippen LogP contribution >= 0.6 is 0 Å². The van der Waals surface area contributed by atoms with Gasteiger partial charge in [0.05, 0.1) is 19.7 Å². The summed E-state index contributed by atoms with van der Waals surface area (Å²) in [7, 11) is 3.17. The van der Waals surface area contributed by atoms with Gasteiger partial charge in [-0.3, -0.25) is 4.79 Å². The third kappa shape index (κ3) is 3.41. The highest BCUT2D eigenvalue weighted by atomic mass is 16.5. The zero-order valence-corrected chi connectivity index (χ0v) is 13.8. The third-order valence-electron chi connectivity index (χ3n) is 3.91. The predicted molar refractivity (Wildman–Crippen MR) is 94.7 cm³/mol. The van der Waals surface area contributed by atoms with E-state index >= 15 is 0 Å². The van der Waals surface area contributed by atoms with E-state index in [9.17, 15) is 4.79 Å². The fraction of sp³-hybridized carbons (Fsp3) is 0.211. The minimum absolute atomic E-state index is 0.102. The van der Waals surface area contributed by atoms with Crippen LogP contribution in [0.25, 0.3) is 10.9 Å². The van der Waals surface area contributed by atoms with Gasteiger partial charge >= 0.3 is 0 Å². The number of hydrogen-bond acceptors (Lipinski definition) is 4. The van der Waals surface area contributed by atoms with Gasteiger partial charge in [-0.15, -0.1) is 0 Å². The van der Waals surface area contributed by atoms with Crippen LogP contribution in [-0.4, -0.2) is 19.2 Å². The quantitative estimate of drug-likeness (QED) is 0.732. The van der Waals surface area contributed by atoms with Gasteiger partial charge < -0.3 is 19.8 Å². The molecule has 5 heteroatoms. The molecule has 3 aromatic rings. The summed E-state index contributed by atoms with van der Waals surface area (Å²) in [5, 5.41) is 4.20. The maximum absolute atomic E-state index is 12.3. The summed E-state index contributed by atoms with van der Waals surface area (Å²) >= 11 is 0. The van der Waals surface area contributed by atoms with Crippen molar-refractivity contribution in [1.29, 1.82) is 0 Å². The van der Waals surface area contributed by atoms with Crippen LogP contribution < -0.4 is 20.3 Å². The number of fused-ring (bicyclic) bond motifs is 1. The number of H-pyrrole nitrogens is 1. The van der Waals surface area contributed by atoms with Crippen molar-refractivity contribution in [3.05, 3.63) is 70.0 Å². The first-order valence-electron chi connectivity index (χ1n) is 7.74. The lowest BCUT2D eigenvalue weighted by molar-refractivity contribution is 0.356. The van der Waals surface area contributed by atoms with Gasteiger partial charge in [-0.05, 0) is 17.7 Å². The molecule has 0 fully saturated rings. The molecule has 1 heterocycles. The smallest absolute Gasteiger partial charge is 0.252 e. The Balaban J connectivity index is 1.83. The van der Waals surface area contributed by atoms with E-state index in [1.807, 2.05) is 30.3 Å². The van der Waals surface area contributed by atoms with E-state index in [0.29, 0.717) is 30.2 Å². The molecule has 0 aliphatic carbocycles. The monoisotopic (exact) mass is 324 g/mol. The lowest BCUT2D eigenvalue weighted by Crippen LogP contribution is -2.20. The van der Waals surface area contributed by atoms with E-state index in [1.54, 1.807) is 20.3 Å². The van der Waals surface area contributed by atoms with Crippen molar-refractivity contribution >= 4 is 10.9 Å². The van der Waals surface area contributed by atoms with Crippen LogP contribution in [-0.2, 0) is 13.1 Å². The maximum Gasteiger partial charge on any atom is 0.252 e. The van der Waals surface area contributed by atoms with Gasteiger partial charge in [-0.2, -0.15) is 0 Å². The second kappa shape index (κ2) is 7.19. The number of nitrogens with one attached hydrogen (secondary N) is 2. The molecule has 2 N–H and O–H groups in total.